The molecule has 2 aliphatic carbocycles. The van der Waals surface area contributed by atoms with Gasteiger partial charge >= 0.3 is 0 Å². The van der Waals surface area contributed by atoms with Crippen molar-refractivity contribution < 1.29 is 9.59 Å². The first kappa shape index (κ1) is 17.5. The molecule has 3 nitrogen and oxygen atoms in total. The molecule has 0 aliphatic heterocycles. The Labute approximate surface area is 139 Å². The van der Waals surface area contributed by atoms with Crippen LogP contribution in [0.4, 0.5) is 0 Å². The Morgan fingerprint density at radius 3 is 1.57 bits per heavy atom. The largest absolute Gasteiger partial charge is 0.289 e. The highest BCUT2D eigenvalue weighted by molar-refractivity contribution is 6.09. The van der Waals surface area contributed by atoms with Gasteiger partial charge in [0.05, 0.1) is 0 Å². The molecule has 0 saturated heterocycles. The second-order valence-electron chi connectivity index (χ2n) is 6.88. The van der Waals surface area contributed by atoms with Crippen LogP contribution in [-0.4, -0.2) is 11.8 Å². The number of hydrogen-bond acceptors (Lipinski definition) is 2. The molecule has 2 rings (SSSR count). The van der Waals surface area contributed by atoms with Crippen LogP contribution in [0, 0.1) is 11.8 Å². The van der Waals surface area contributed by atoms with Crippen molar-refractivity contribution in [3.63, 3.8) is 0 Å². The molecule has 0 aromatic carbocycles. The van der Waals surface area contributed by atoms with E-state index in [2.05, 4.69) is 18.5 Å². The monoisotopic (exact) mass is 313 g/mol. The standard InChI is InChI=1S/C20H27NO2/c1-13(2)15-5-9-17(10-6-15)19(22)21-20(23)18-11-7-16(8-12-18)14(3)4/h9,11,15-16H,1,3,5-8,10,12H2,2,4H3,(H,21,22,23). The molecular formula is C20H27NO2. The van der Waals surface area contributed by atoms with Gasteiger partial charge in [0.15, 0.2) is 0 Å². The summed E-state index contributed by atoms with van der Waals surface area (Å²) in [7, 11) is 0. The number of nitrogens with one attached hydrogen (secondary N) is 1. The van der Waals surface area contributed by atoms with Gasteiger partial charge in [-0.05, 0) is 64.2 Å². The first-order chi connectivity index (χ1) is 10.9. The minimum Gasteiger partial charge on any atom is -0.289 e. The predicted octanol–water partition coefficient (Wildman–Crippen LogP) is 4.23. The van der Waals surface area contributed by atoms with Gasteiger partial charge in [-0.25, -0.2) is 0 Å². The van der Waals surface area contributed by atoms with Crippen molar-refractivity contribution in [3.05, 3.63) is 47.6 Å². The van der Waals surface area contributed by atoms with Crippen molar-refractivity contribution in [2.24, 2.45) is 11.8 Å². The van der Waals surface area contributed by atoms with Gasteiger partial charge in [-0.15, -0.1) is 0 Å². The Kier molecular flexibility index (Phi) is 5.75. The lowest BCUT2D eigenvalue weighted by Gasteiger charge is -2.23. The SMILES string of the molecule is C=C(C)C1CC=C(C(=O)NC(=O)C2=CCC(C(=C)C)CC2)CC1. The van der Waals surface area contributed by atoms with Gasteiger partial charge in [-0.2, -0.15) is 0 Å². The van der Waals surface area contributed by atoms with Crippen LogP contribution in [0.25, 0.3) is 0 Å². The molecule has 2 unspecified atom stereocenters. The Morgan fingerprint density at radius 1 is 0.913 bits per heavy atom. The fourth-order valence-corrected chi connectivity index (χ4v) is 3.24. The van der Waals surface area contributed by atoms with E-state index in [4.69, 9.17) is 0 Å². The normalized spacial score (nSPS) is 24.3. The number of rotatable bonds is 4. The van der Waals surface area contributed by atoms with E-state index in [1.807, 2.05) is 26.0 Å². The Balaban J connectivity index is 1.90. The molecule has 0 radical (unpaired) electrons. The summed E-state index contributed by atoms with van der Waals surface area (Å²) in [6, 6.07) is 0. The molecule has 23 heavy (non-hydrogen) atoms. The maximum Gasteiger partial charge on any atom is 0.253 e. The van der Waals surface area contributed by atoms with Crippen molar-refractivity contribution in [1.29, 1.82) is 0 Å². The van der Waals surface area contributed by atoms with Crippen molar-refractivity contribution in [2.75, 3.05) is 0 Å². The average Bonchev–Trinajstić information content (AvgIpc) is 2.54. The van der Waals surface area contributed by atoms with Crippen molar-refractivity contribution in [1.82, 2.24) is 5.32 Å². The number of allylic oxidation sites excluding steroid dienone is 4. The number of carbonyl (C=O) groups is 2. The second-order valence-corrected chi connectivity index (χ2v) is 6.88. The molecule has 2 amide bonds. The summed E-state index contributed by atoms with van der Waals surface area (Å²) in [5, 5.41) is 2.55. The topological polar surface area (TPSA) is 46.2 Å². The van der Waals surface area contributed by atoms with E-state index in [9.17, 15) is 9.59 Å². The van der Waals surface area contributed by atoms with Crippen LogP contribution in [0.5, 0.6) is 0 Å². The number of carbonyl (C=O) groups excluding carboxylic acids is 2. The zero-order chi connectivity index (χ0) is 17.0. The Bertz CT molecular complexity index is 543. The molecule has 0 heterocycles. The maximum absolute atomic E-state index is 12.2. The van der Waals surface area contributed by atoms with Crippen LogP contribution in [-0.2, 0) is 9.59 Å². The molecule has 2 aliphatic rings. The summed E-state index contributed by atoms with van der Waals surface area (Å²) >= 11 is 0. The highest BCUT2D eigenvalue weighted by Crippen LogP contribution is 2.29. The van der Waals surface area contributed by atoms with Crippen LogP contribution >= 0.6 is 0 Å². The molecule has 124 valence electrons. The first-order valence-electron chi connectivity index (χ1n) is 8.43. The van der Waals surface area contributed by atoms with Crippen LogP contribution < -0.4 is 5.32 Å². The van der Waals surface area contributed by atoms with E-state index in [0.29, 0.717) is 24.7 Å². The second kappa shape index (κ2) is 7.58. The molecule has 0 fully saturated rings. The highest BCUT2D eigenvalue weighted by Gasteiger charge is 2.23. The van der Waals surface area contributed by atoms with Gasteiger partial charge in [-0.1, -0.05) is 36.5 Å². The third kappa shape index (κ3) is 4.54. The van der Waals surface area contributed by atoms with E-state index in [-0.39, 0.29) is 11.8 Å². The first-order valence-corrected chi connectivity index (χ1v) is 8.43. The highest BCUT2D eigenvalue weighted by atomic mass is 16.2. The third-order valence-corrected chi connectivity index (χ3v) is 5.03. The molecule has 0 saturated carbocycles. The lowest BCUT2D eigenvalue weighted by Crippen LogP contribution is -2.34. The zero-order valence-corrected chi connectivity index (χ0v) is 14.3. The van der Waals surface area contributed by atoms with E-state index in [0.717, 1.165) is 48.0 Å². The third-order valence-electron chi connectivity index (χ3n) is 5.03. The van der Waals surface area contributed by atoms with Crippen molar-refractivity contribution >= 4 is 11.8 Å². The molecule has 1 N–H and O–H groups in total. The van der Waals surface area contributed by atoms with Gasteiger partial charge in [0.2, 0.25) is 0 Å². The van der Waals surface area contributed by atoms with Gasteiger partial charge in [0.25, 0.3) is 11.8 Å². The van der Waals surface area contributed by atoms with Crippen molar-refractivity contribution in [3.8, 4) is 0 Å². The van der Waals surface area contributed by atoms with E-state index >= 15 is 0 Å². The minimum atomic E-state index is -0.238. The van der Waals surface area contributed by atoms with Gasteiger partial charge in [0, 0.05) is 11.1 Å². The van der Waals surface area contributed by atoms with E-state index in [1.165, 1.54) is 0 Å². The smallest absolute Gasteiger partial charge is 0.253 e. The summed E-state index contributed by atoms with van der Waals surface area (Å²) < 4.78 is 0. The number of hydrogen-bond donors (Lipinski definition) is 1. The average molecular weight is 313 g/mol. The van der Waals surface area contributed by atoms with E-state index < -0.39 is 0 Å². The molecule has 0 aromatic heterocycles. The minimum absolute atomic E-state index is 0.238. The Hall–Kier alpha value is -1.90. The zero-order valence-electron chi connectivity index (χ0n) is 14.3. The van der Waals surface area contributed by atoms with Crippen molar-refractivity contribution in [2.45, 2.75) is 52.4 Å². The fourth-order valence-electron chi connectivity index (χ4n) is 3.24. The molecule has 0 spiro atoms. The van der Waals surface area contributed by atoms with Crippen LogP contribution in [0.15, 0.2) is 47.6 Å². The van der Waals surface area contributed by atoms with Gasteiger partial charge in [0.1, 0.15) is 0 Å². The molecule has 3 heteroatoms. The van der Waals surface area contributed by atoms with Crippen LogP contribution in [0.3, 0.4) is 0 Å². The van der Waals surface area contributed by atoms with Crippen LogP contribution in [0.2, 0.25) is 0 Å². The summed E-state index contributed by atoms with van der Waals surface area (Å²) in [5.41, 5.74) is 3.78. The number of imide groups is 1. The van der Waals surface area contributed by atoms with E-state index in [1.54, 1.807) is 0 Å². The molecule has 2 atom stereocenters. The van der Waals surface area contributed by atoms with Gasteiger partial charge in [-0.3, -0.25) is 14.9 Å². The quantitative estimate of drug-likeness (QED) is 0.623. The predicted molar refractivity (Wildman–Crippen MR) is 93.6 cm³/mol. The summed E-state index contributed by atoms with van der Waals surface area (Å²) in [6.45, 7) is 12.0. The Morgan fingerprint density at radius 2 is 1.30 bits per heavy atom. The fraction of sp³-hybridized carbons (Fsp3) is 0.500. The maximum atomic E-state index is 12.2. The molecule has 0 aromatic rings. The van der Waals surface area contributed by atoms with Gasteiger partial charge < -0.3 is 0 Å². The van der Waals surface area contributed by atoms with Crippen LogP contribution in [0.1, 0.15) is 52.4 Å². The lowest BCUT2D eigenvalue weighted by molar-refractivity contribution is -0.126. The lowest BCUT2D eigenvalue weighted by atomic mass is 9.84. The summed E-state index contributed by atoms with van der Waals surface area (Å²) in [4.78, 5) is 24.5. The molecule has 0 bridgehead atoms. The molecular weight excluding hydrogens is 286 g/mol. The summed E-state index contributed by atoms with van der Waals surface area (Å²) in [5.74, 6) is 0.445. The summed E-state index contributed by atoms with van der Waals surface area (Å²) in [6.07, 6.45) is 8.90. The number of amides is 2.